The minimum Gasteiger partial charge on any atom is -0.481 e. The van der Waals surface area contributed by atoms with Gasteiger partial charge in [0.05, 0.1) is 5.92 Å². The van der Waals surface area contributed by atoms with Crippen molar-refractivity contribution in [2.45, 2.75) is 50.5 Å². The number of hydrogen-bond acceptors (Lipinski definition) is 5. The quantitative estimate of drug-likeness (QED) is 0.723. The lowest BCUT2D eigenvalue weighted by Gasteiger charge is -2.26. The normalized spacial score (nSPS) is 21.9. The molecule has 0 bridgehead atoms. The lowest BCUT2D eigenvalue weighted by molar-refractivity contribution is -0.142. The SMILES string of the molecule is O=C(Nc1ccc(F)c(-n2nnnc2C2CC2)c1)NC1CCC(C(=O)O)CC1. The van der Waals surface area contributed by atoms with Crippen molar-refractivity contribution in [1.29, 1.82) is 0 Å². The Balaban J connectivity index is 1.40. The van der Waals surface area contributed by atoms with Gasteiger partial charge in [0.1, 0.15) is 11.5 Å². The van der Waals surface area contributed by atoms with E-state index in [9.17, 15) is 14.0 Å². The fraction of sp³-hybridized carbons (Fsp3) is 0.500. The molecule has 0 spiro atoms. The number of halogens is 1. The summed E-state index contributed by atoms with van der Waals surface area (Å²) >= 11 is 0. The lowest BCUT2D eigenvalue weighted by Crippen LogP contribution is -2.41. The number of aromatic nitrogens is 4. The highest BCUT2D eigenvalue weighted by Gasteiger charge is 2.31. The lowest BCUT2D eigenvalue weighted by atomic mass is 9.86. The monoisotopic (exact) mass is 388 g/mol. The van der Waals surface area contributed by atoms with Crippen LogP contribution in [-0.2, 0) is 4.79 Å². The number of carbonyl (C=O) groups is 2. The topological polar surface area (TPSA) is 122 Å². The Morgan fingerprint density at radius 2 is 1.89 bits per heavy atom. The third-order valence-corrected chi connectivity index (χ3v) is 5.28. The molecule has 4 rings (SSSR count). The summed E-state index contributed by atoms with van der Waals surface area (Å²) in [5, 5.41) is 26.1. The number of hydrogen-bond donors (Lipinski definition) is 3. The Bertz CT molecular complexity index is 889. The molecule has 2 aliphatic carbocycles. The summed E-state index contributed by atoms with van der Waals surface area (Å²) in [7, 11) is 0. The van der Waals surface area contributed by atoms with E-state index in [1.165, 1.54) is 22.9 Å². The molecule has 10 heteroatoms. The van der Waals surface area contributed by atoms with Gasteiger partial charge < -0.3 is 15.7 Å². The molecule has 28 heavy (non-hydrogen) atoms. The van der Waals surface area contributed by atoms with Gasteiger partial charge in [-0.05, 0) is 67.2 Å². The van der Waals surface area contributed by atoms with Crippen molar-refractivity contribution in [3.05, 3.63) is 29.8 Å². The Morgan fingerprint density at radius 3 is 2.57 bits per heavy atom. The van der Waals surface area contributed by atoms with Crippen molar-refractivity contribution in [1.82, 2.24) is 25.5 Å². The molecule has 1 aromatic heterocycles. The number of carboxylic acid groups (broad SMARTS) is 1. The van der Waals surface area contributed by atoms with Crippen LogP contribution in [0.1, 0.15) is 50.3 Å². The van der Waals surface area contributed by atoms with E-state index in [1.807, 2.05) is 0 Å². The van der Waals surface area contributed by atoms with Crippen molar-refractivity contribution < 1.29 is 19.1 Å². The zero-order chi connectivity index (χ0) is 19.7. The molecule has 0 saturated heterocycles. The fourth-order valence-electron chi connectivity index (χ4n) is 3.55. The van der Waals surface area contributed by atoms with Gasteiger partial charge in [0.15, 0.2) is 5.82 Å². The molecule has 9 nitrogen and oxygen atoms in total. The maximum Gasteiger partial charge on any atom is 0.319 e. The van der Waals surface area contributed by atoms with Crippen LogP contribution < -0.4 is 10.6 Å². The average molecular weight is 388 g/mol. The molecule has 3 N–H and O–H groups in total. The van der Waals surface area contributed by atoms with Crippen molar-refractivity contribution in [3.8, 4) is 5.69 Å². The zero-order valence-electron chi connectivity index (χ0n) is 15.1. The highest BCUT2D eigenvalue weighted by molar-refractivity contribution is 5.89. The molecule has 0 radical (unpaired) electrons. The number of urea groups is 1. The highest BCUT2D eigenvalue weighted by Crippen LogP contribution is 2.39. The van der Waals surface area contributed by atoms with Gasteiger partial charge >= 0.3 is 12.0 Å². The largest absolute Gasteiger partial charge is 0.481 e. The van der Waals surface area contributed by atoms with Gasteiger partial charge in [-0.3, -0.25) is 4.79 Å². The van der Waals surface area contributed by atoms with E-state index in [0.29, 0.717) is 37.2 Å². The summed E-state index contributed by atoms with van der Waals surface area (Å²) in [4.78, 5) is 23.3. The fourth-order valence-corrected chi connectivity index (χ4v) is 3.55. The number of carboxylic acids is 1. The predicted molar refractivity (Wildman–Crippen MR) is 96.6 cm³/mol. The summed E-state index contributed by atoms with van der Waals surface area (Å²) in [6.07, 6.45) is 4.29. The second-order valence-electron chi connectivity index (χ2n) is 7.37. The summed E-state index contributed by atoms with van der Waals surface area (Å²) in [6.45, 7) is 0. The third-order valence-electron chi connectivity index (χ3n) is 5.28. The number of anilines is 1. The molecular formula is C18H21FN6O3. The molecule has 0 unspecified atom stereocenters. The van der Waals surface area contributed by atoms with Crippen molar-refractivity contribution in [3.63, 3.8) is 0 Å². The molecule has 2 aromatic rings. The Morgan fingerprint density at radius 1 is 1.14 bits per heavy atom. The van der Waals surface area contributed by atoms with Gasteiger partial charge in [-0.25, -0.2) is 9.18 Å². The number of nitrogens with one attached hydrogen (secondary N) is 2. The van der Waals surface area contributed by atoms with E-state index in [0.717, 1.165) is 12.8 Å². The second kappa shape index (κ2) is 7.53. The number of nitrogens with zero attached hydrogens (tertiary/aromatic N) is 4. The van der Waals surface area contributed by atoms with E-state index in [4.69, 9.17) is 5.11 Å². The van der Waals surface area contributed by atoms with Crippen LogP contribution in [0.15, 0.2) is 18.2 Å². The maximum atomic E-state index is 14.3. The summed E-state index contributed by atoms with van der Waals surface area (Å²) in [5.74, 6) is -0.731. The second-order valence-corrected chi connectivity index (χ2v) is 7.37. The number of aliphatic carboxylic acids is 1. The molecule has 2 aliphatic rings. The van der Waals surface area contributed by atoms with Gasteiger partial charge in [0, 0.05) is 17.6 Å². The van der Waals surface area contributed by atoms with Gasteiger partial charge in [0.2, 0.25) is 0 Å². The molecular weight excluding hydrogens is 367 g/mol. The van der Waals surface area contributed by atoms with Crippen LogP contribution in [-0.4, -0.2) is 43.4 Å². The van der Waals surface area contributed by atoms with E-state index < -0.39 is 17.8 Å². The third kappa shape index (κ3) is 3.95. The molecule has 148 valence electrons. The minimum absolute atomic E-state index is 0.0727. The Hall–Kier alpha value is -3.04. The van der Waals surface area contributed by atoms with Gasteiger partial charge in [0.25, 0.3) is 0 Å². The smallest absolute Gasteiger partial charge is 0.319 e. The van der Waals surface area contributed by atoms with E-state index in [-0.39, 0.29) is 23.6 Å². The van der Waals surface area contributed by atoms with Crippen LogP contribution in [0.25, 0.3) is 5.69 Å². The molecule has 2 saturated carbocycles. The van der Waals surface area contributed by atoms with Crippen LogP contribution in [0.5, 0.6) is 0 Å². The first-order valence-corrected chi connectivity index (χ1v) is 9.40. The number of rotatable bonds is 5. The minimum atomic E-state index is -0.782. The van der Waals surface area contributed by atoms with Crippen LogP contribution in [0.2, 0.25) is 0 Å². The predicted octanol–water partition coefficient (Wildman–Crippen LogP) is 2.44. The van der Waals surface area contributed by atoms with E-state index in [2.05, 4.69) is 26.2 Å². The Labute approximate surface area is 160 Å². The molecule has 0 atom stereocenters. The number of tetrazole rings is 1. The van der Waals surface area contributed by atoms with Gasteiger partial charge in [-0.2, -0.15) is 4.68 Å². The molecule has 1 heterocycles. The number of benzene rings is 1. The molecule has 0 aliphatic heterocycles. The van der Waals surface area contributed by atoms with Crippen LogP contribution >= 0.6 is 0 Å². The van der Waals surface area contributed by atoms with E-state index >= 15 is 0 Å². The van der Waals surface area contributed by atoms with Crippen molar-refractivity contribution in [2.24, 2.45) is 5.92 Å². The standard InChI is InChI=1S/C18H21FN6O3/c19-14-8-7-13(9-15(14)25-16(10-1-2-10)22-23-24-25)21-18(28)20-12-5-3-11(4-6-12)17(26)27/h7-12H,1-6H2,(H,26,27)(H2,20,21,28). The van der Waals surface area contributed by atoms with Gasteiger partial charge in [-0.15, -0.1) is 5.10 Å². The van der Waals surface area contributed by atoms with Crippen molar-refractivity contribution in [2.75, 3.05) is 5.32 Å². The first-order chi connectivity index (χ1) is 13.5. The van der Waals surface area contributed by atoms with E-state index in [1.54, 1.807) is 0 Å². The highest BCUT2D eigenvalue weighted by atomic mass is 19.1. The van der Waals surface area contributed by atoms with Crippen LogP contribution in [0.3, 0.4) is 0 Å². The molecule has 2 fully saturated rings. The average Bonchev–Trinajstić information content (AvgIpc) is 3.40. The Kier molecular flexibility index (Phi) is 4.93. The van der Waals surface area contributed by atoms with Crippen LogP contribution in [0.4, 0.5) is 14.9 Å². The van der Waals surface area contributed by atoms with Crippen LogP contribution in [0, 0.1) is 11.7 Å². The number of amides is 2. The zero-order valence-corrected chi connectivity index (χ0v) is 15.1. The molecule has 1 aromatic carbocycles. The first-order valence-electron chi connectivity index (χ1n) is 9.40. The summed E-state index contributed by atoms with van der Waals surface area (Å²) < 4.78 is 15.7. The number of carbonyl (C=O) groups excluding carboxylic acids is 1. The van der Waals surface area contributed by atoms with Gasteiger partial charge in [-0.1, -0.05) is 0 Å². The summed E-state index contributed by atoms with van der Waals surface area (Å²) in [6, 6.07) is 3.76. The molecule has 2 amide bonds. The summed E-state index contributed by atoms with van der Waals surface area (Å²) in [5.41, 5.74) is 0.608. The van der Waals surface area contributed by atoms with Crippen molar-refractivity contribution >= 4 is 17.7 Å². The first kappa shape index (κ1) is 18.3. The maximum absolute atomic E-state index is 14.3.